The smallest absolute Gasteiger partial charge is 0.365 e. The summed E-state index contributed by atoms with van der Waals surface area (Å²) in [5, 5.41) is 11.5. The van der Waals surface area contributed by atoms with Crippen molar-refractivity contribution in [2.75, 3.05) is 6.26 Å². The second kappa shape index (κ2) is 4.63. The molecule has 16 heavy (non-hydrogen) atoms. The highest BCUT2D eigenvalue weighted by Gasteiger charge is 2.16. The van der Waals surface area contributed by atoms with Crippen molar-refractivity contribution in [2.45, 2.75) is 18.5 Å². The van der Waals surface area contributed by atoms with E-state index in [2.05, 4.69) is 22.4 Å². The Labute approximate surface area is 96.7 Å². The van der Waals surface area contributed by atoms with Crippen LogP contribution in [0.5, 0.6) is 0 Å². The van der Waals surface area contributed by atoms with Crippen molar-refractivity contribution in [2.24, 2.45) is 0 Å². The highest BCUT2D eigenvalue weighted by atomic mass is 32.2. The van der Waals surface area contributed by atoms with Gasteiger partial charge >= 0.3 is 5.16 Å². The van der Waals surface area contributed by atoms with Gasteiger partial charge in [-0.3, -0.25) is 0 Å². The maximum atomic E-state index is 11.4. The van der Waals surface area contributed by atoms with Gasteiger partial charge in [-0.15, -0.1) is 0 Å². The van der Waals surface area contributed by atoms with Gasteiger partial charge in [-0.25, -0.2) is 0 Å². The molecule has 6 heteroatoms. The van der Waals surface area contributed by atoms with Crippen molar-refractivity contribution in [3.8, 4) is 5.69 Å². The van der Waals surface area contributed by atoms with Crippen molar-refractivity contribution >= 4 is 11.2 Å². The average molecular weight is 236 g/mol. The lowest BCUT2D eigenvalue weighted by atomic mass is 10.1. The normalized spacial score (nSPS) is 12.7. The number of tetrazole rings is 1. The Morgan fingerprint density at radius 3 is 2.56 bits per heavy atom. The molecule has 0 aliphatic carbocycles. The van der Waals surface area contributed by atoms with E-state index in [4.69, 9.17) is 0 Å². The summed E-state index contributed by atoms with van der Waals surface area (Å²) in [7, 11) is 0. The van der Waals surface area contributed by atoms with E-state index in [0.717, 1.165) is 12.1 Å². The van der Waals surface area contributed by atoms with Crippen LogP contribution < -0.4 is 0 Å². The highest BCUT2D eigenvalue weighted by molar-refractivity contribution is 7.90. The standard InChI is InChI=1S/C10H12N4OS/c1-3-8-4-6-9(7-5-8)14-10(16(2)15)11-12-13-14/h4-7H,3H2,1-2H3. The fourth-order valence-electron chi connectivity index (χ4n) is 1.39. The SMILES string of the molecule is CCc1ccc(-n2nnnc2[S+](C)[O-])cc1. The van der Waals surface area contributed by atoms with Crippen LogP contribution in [0.1, 0.15) is 12.5 Å². The first kappa shape index (κ1) is 11.1. The van der Waals surface area contributed by atoms with Crippen molar-refractivity contribution in [3.05, 3.63) is 29.8 Å². The first-order valence-corrected chi connectivity index (χ1v) is 6.49. The van der Waals surface area contributed by atoms with Gasteiger partial charge in [0.1, 0.15) is 6.26 Å². The molecule has 2 rings (SSSR count). The number of benzene rings is 1. The third-order valence-corrected chi connectivity index (χ3v) is 3.06. The van der Waals surface area contributed by atoms with Crippen LogP contribution in [0.3, 0.4) is 0 Å². The second-order valence-electron chi connectivity index (χ2n) is 3.35. The molecule has 0 saturated carbocycles. The van der Waals surface area contributed by atoms with Gasteiger partial charge in [0, 0.05) is 11.2 Å². The Kier molecular flexibility index (Phi) is 3.21. The molecule has 1 aromatic heterocycles. The molecule has 0 aliphatic heterocycles. The van der Waals surface area contributed by atoms with Crippen LogP contribution in [-0.2, 0) is 17.6 Å². The van der Waals surface area contributed by atoms with Crippen LogP contribution in [0.4, 0.5) is 0 Å². The van der Waals surface area contributed by atoms with Crippen LogP contribution in [-0.4, -0.2) is 31.0 Å². The molecule has 0 spiro atoms. The quantitative estimate of drug-likeness (QED) is 0.744. The Hall–Kier alpha value is -1.40. The predicted octanol–water partition coefficient (Wildman–Crippen LogP) is 0.962. The topological polar surface area (TPSA) is 66.7 Å². The minimum atomic E-state index is -1.19. The molecule has 1 atom stereocenters. The van der Waals surface area contributed by atoms with Crippen molar-refractivity contribution in [1.82, 2.24) is 20.2 Å². The van der Waals surface area contributed by atoms with E-state index < -0.39 is 11.2 Å². The molecule has 0 bridgehead atoms. The Morgan fingerprint density at radius 2 is 2.00 bits per heavy atom. The van der Waals surface area contributed by atoms with Crippen molar-refractivity contribution in [3.63, 3.8) is 0 Å². The Balaban J connectivity index is 2.38. The Bertz CT molecular complexity index is 466. The molecule has 0 saturated heterocycles. The maximum absolute atomic E-state index is 11.4. The van der Waals surface area contributed by atoms with Gasteiger partial charge in [-0.05, 0) is 34.5 Å². The molecule has 84 valence electrons. The van der Waals surface area contributed by atoms with Gasteiger partial charge in [0.15, 0.2) is 0 Å². The van der Waals surface area contributed by atoms with E-state index in [1.807, 2.05) is 24.3 Å². The number of hydrogen-bond acceptors (Lipinski definition) is 4. The maximum Gasteiger partial charge on any atom is 0.365 e. The number of rotatable bonds is 3. The Morgan fingerprint density at radius 1 is 1.31 bits per heavy atom. The molecule has 5 nitrogen and oxygen atoms in total. The zero-order chi connectivity index (χ0) is 11.5. The molecule has 1 heterocycles. The first-order valence-electron chi connectivity index (χ1n) is 4.93. The fraction of sp³-hybridized carbons (Fsp3) is 0.300. The summed E-state index contributed by atoms with van der Waals surface area (Å²) in [6, 6.07) is 7.87. The predicted molar refractivity (Wildman–Crippen MR) is 60.9 cm³/mol. The summed E-state index contributed by atoms with van der Waals surface area (Å²) < 4.78 is 12.9. The summed E-state index contributed by atoms with van der Waals surface area (Å²) >= 11 is -1.19. The van der Waals surface area contributed by atoms with Crippen LogP contribution >= 0.6 is 0 Å². The summed E-state index contributed by atoms with van der Waals surface area (Å²) in [4.78, 5) is 0. The fourth-order valence-corrected chi connectivity index (χ4v) is 1.93. The molecule has 1 aromatic carbocycles. The van der Waals surface area contributed by atoms with Crippen LogP contribution in [0.25, 0.3) is 5.69 Å². The summed E-state index contributed by atoms with van der Waals surface area (Å²) in [6.45, 7) is 2.10. The number of hydrogen-bond donors (Lipinski definition) is 0. The second-order valence-corrected chi connectivity index (χ2v) is 4.62. The van der Waals surface area contributed by atoms with E-state index >= 15 is 0 Å². The monoisotopic (exact) mass is 236 g/mol. The van der Waals surface area contributed by atoms with E-state index in [-0.39, 0.29) is 0 Å². The molecule has 0 fully saturated rings. The van der Waals surface area contributed by atoms with Crippen LogP contribution in [0, 0.1) is 0 Å². The van der Waals surface area contributed by atoms with Crippen molar-refractivity contribution < 1.29 is 4.55 Å². The van der Waals surface area contributed by atoms with E-state index in [0.29, 0.717) is 5.16 Å². The molecule has 0 aliphatic rings. The molecule has 2 aromatic rings. The summed E-state index contributed by atoms with van der Waals surface area (Å²) in [5.41, 5.74) is 2.07. The third kappa shape index (κ3) is 2.07. The molecular weight excluding hydrogens is 224 g/mol. The molecule has 0 amide bonds. The number of nitrogens with zero attached hydrogens (tertiary/aromatic N) is 4. The van der Waals surface area contributed by atoms with E-state index in [1.165, 1.54) is 10.2 Å². The third-order valence-electron chi connectivity index (χ3n) is 2.29. The van der Waals surface area contributed by atoms with Crippen LogP contribution in [0.2, 0.25) is 0 Å². The molecule has 1 unspecified atom stereocenters. The summed E-state index contributed by atoms with van der Waals surface area (Å²) in [6.07, 6.45) is 2.55. The average Bonchev–Trinajstić information content (AvgIpc) is 2.78. The van der Waals surface area contributed by atoms with E-state index in [9.17, 15) is 4.55 Å². The first-order chi connectivity index (χ1) is 7.72. The minimum Gasteiger partial charge on any atom is -0.609 e. The van der Waals surface area contributed by atoms with Gasteiger partial charge in [0.25, 0.3) is 0 Å². The zero-order valence-corrected chi connectivity index (χ0v) is 9.94. The summed E-state index contributed by atoms with van der Waals surface area (Å²) in [5.74, 6) is 0. The molecule has 0 N–H and O–H groups in total. The lowest BCUT2D eigenvalue weighted by Gasteiger charge is -2.05. The van der Waals surface area contributed by atoms with E-state index in [1.54, 1.807) is 6.26 Å². The van der Waals surface area contributed by atoms with Crippen LogP contribution in [0.15, 0.2) is 29.4 Å². The lowest BCUT2D eigenvalue weighted by Crippen LogP contribution is -2.08. The van der Waals surface area contributed by atoms with Gasteiger partial charge in [0.2, 0.25) is 0 Å². The number of aryl methyl sites for hydroxylation is 1. The highest BCUT2D eigenvalue weighted by Crippen LogP contribution is 2.13. The van der Waals surface area contributed by atoms with Gasteiger partial charge in [-0.2, -0.15) is 4.68 Å². The van der Waals surface area contributed by atoms with Crippen molar-refractivity contribution in [1.29, 1.82) is 0 Å². The van der Waals surface area contributed by atoms with Gasteiger partial charge in [-0.1, -0.05) is 24.2 Å². The lowest BCUT2D eigenvalue weighted by molar-refractivity contribution is 0.585. The zero-order valence-electron chi connectivity index (χ0n) is 9.12. The largest absolute Gasteiger partial charge is 0.609 e. The molecule has 0 radical (unpaired) electrons. The van der Waals surface area contributed by atoms with Gasteiger partial charge in [0.05, 0.1) is 5.69 Å². The van der Waals surface area contributed by atoms with Gasteiger partial charge < -0.3 is 4.55 Å². The molecular formula is C10H12N4OS. The minimum absolute atomic E-state index is 0.365. The number of aromatic nitrogens is 4.